The van der Waals surface area contributed by atoms with E-state index in [0.29, 0.717) is 11.0 Å². The summed E-state index contributed by atoms with van der Waals surface area (Å²) in [6.45, 7) is 4.19. The van der Waals surface area contributed by atoms with Crippen molar-refractivity contribution >= 4 is 17.2 Å². The maximum atomic E-state index is 5.76. The number of hydrogen-bond acceptors (Lipinski definition) is 2. The maximum Gasteiger partial charge on any atom is 0.0902 e. The van der Waals surface area contributed by atoms with Crippen molar-refractivity contribution in [3.05, 3.63) is 35.4 Å². The largest absolute Gasteiger partial charge is 0.392 e. The first-order valence-electron chi connectivity index (χ1n) is 5.76. The molecule has 1 atom stereocenters. The first kappa shape index (κ1) is 11.6. The third kappa shape index (κ3) is 2.60. The van der Waals surface area contributed by atoms with Crippen LogP contribution in [-0.2, 0) is 6.54 Å². The Morgan fingerprint density at radius 1 is 1.56 bits per heavy atom. The Hall–Kier alpha value is -0.930. The Labute approximate surface area is 102 Å². The van der Waals surface area contributed by atoms with Crippen molar-refractivity contribution in [2.45, 2.75) is 32.4 Å². The fraction of sp³-hybridized carbons (Fsp3) is 0.462. The van der Waals surface area contributed by atoms with Gasteiger partial charge in [0.2, 0.25) is 0 Å². The smallest absolute Gasteiger partial charge is 0.0902 e. The van der Waals surface area contributed by atoms with Gasteiger partial charge >= 0.3 is 0 Å². The standard InChI is InChI=1S/C13H18N2S/c1-10-4-2-5-11(8-10)9-15-7-3-6-12(15)13(14)16/h2,4-5,8,12H,3,6-7,9H2,1H3,(H2,14,16). The fourth-order valence-electron chi connectivity index (χ4n) is 2.38. The lowest BCUT2D eigenvalue weighted by atomic mass is 10.1. The molecule has 0 amide bonds. The Kier molecular flexibility index (Phi) is 3.56. The molecular formula is C13H18N2S. The molecule has 1 fully saturated rings. The number of aryl methyl sites for hydroxylation is 1. The van der Waals surface area contributed by atoms with Gasteiger partial charge in [0.25, 0.3) is 0 Å². The molecular weight excluding hydrogens is 216 g/mol. The first-order chi connectivity index (χ1) is 7.66. The van der Waals surface area contributed by atoms with Crippen LogP contribution in [0.15, 0.2) is 24.3 Å². The molecule has 86 valence electrons. The van der Waals surface area contributed by atoms with E-state index in [1.165, 1.54) is 17.5 Å². The predicted molar refractivity (Wildman–Crippen MR) is 71.4 cm³/mol. The van der Waals surface area contributed by atoms with Gasteiger partial charge in [0.15, 0.2) is 0 Å². The molecule has 2 rings (SSSR count). The van der Waals surface area contributed by atoms with Gasteiger partial charge < -0.3 is 5.73 Å². The van der Waals surface area contributed by atoms with E-state index in [1.807, 2.05) is 0 Å². The van der Waals surface area contributed by atoms with Gasteiger partial charge in [0, 0.05) is 6.54 Å². The van der Waals surface area contributed by atoms with Crippen LogP contribution in [0.1, 0.15) is 24.0 Å². The van der Waals surface area contributed by atoms with Crippen LogP contribution < -0.4 is 5.73 Å². The second kappa shape index (κ2) is 4.93. The Balaban J connectivity index is 2.06. The maximum absolute atomic E-state index is 5.76. The molecule has 1 saturated heterocycles. The van der Waals surface area contributed by atoms with Crippen molar-refractivity contribution in [2.75, 3.05) is 6.54 Å². The molecule has 0 radical (unpaired) electrons. The third-order valence-electron chi connectivity index (χ3n) is 3.16. The second-order valence-electron chi connectivity index (χ2n) is 4.52. The second-order valence-corrected chi connectivity index (χ2v) is 4.99. The van der Waals surface area contributed by atoms with Gasteiger partial charge in [-0.1, -0.05) is 42.0 Å². The van der Waals surface area contributed by atoms with Crippen LogP contribution >= 0.6 is 12.2 Å². The average molecular weight is 234 g/mol. The van der Waals surface area contributed by atoms with Crippen LogP contribution in [0.5, 0.6) is 0 Å². The summed E-state index contributed by atoms with van der Waals surface area (Å²) in [6, 6.07) is 8.93. The lowest BCUT2D eigenvalue weighted by Gasteiger charge is -2.23. The summed E-state index contributed by atoms with van der Waals surface area (Å²) < 4.78 is 0. The Morgan fingerprint density at radius 2 is 2.38 bits per heavy atom. The number of likely N-dealkylation sites (tertiary alicyclic amines) is 1. The van der Waals surface area contributed by atoms with E-state index in [1.54, 1.807) is 0 Å². The van der Waals surface area contributed by atoms with E-state index < -0.39 is 0 Å². The zero-order valence-electron chi connectivity index (χ0n) is 9.65. The summed E-state index contributed by atoms with van der Waals surface area (Å²) in [5.41, 5.74) is 8.42. The van der Waals surface area contributed by atoms with Gasteiger partial charge in [-0.15, -0.1) is 0 Å². The minimum atomic E-state index is 0.301. The molecule has 1 aliphatic rings. The van der Waals surface area contributed by atoms with E-state index in [2.05, 4.69) is 36.1 Å². The quantitative estimate of drug-likeness (QED) is 0.813. The van der Waals surface area contributed by atoms with E-state index in [-0.39, 0.29) is 0 Å². The summed E-state index contributed by atoms with van der Waals surface area (Å²) in [7, 11) is 0. The molecule has 2 N–H and O–H groups in total. The first-order valence-corrected chi connectivity index (χ1v) is 6.16. The normalized spacial score (nSPS) is 21.2. The van der Waals surface area contributed by atoms with Crippen molar-refractivity contribution in [1.82, 2.24) is 4.90 Å². The fourth-order valence-corrected chi connectivity index (χ4v) is 2.65. The lowest BCUT2D eigenvalue weighted by molar-refractivity contribution is 0.295. The van der Waals surface area contributed by atoms with Crippen molar-refractivity contribution in [2.24, 2.45) is 5.73 Å². The molecule has 0 bridgehead atoms. The highest BCUT2D eigenvalue weighted by Gasteiger charge is 2.26. The van der Waals surface area contributed by atoms with Crippen molar-refractivity contribution in [1.29, 1.82) is 0 Å². The van der Waals surface area contributed by atoms with Crippen molar-refractivity contribution in [3.63, 3.8) is 0 Å². The van der Waals surface area contributed by atoms with Gasteiger partial charge in [-0.25, -0.2) is 0 Å². The van der Waals surface area contributed by atoms with Gasteiger partial charge in [0.1, 0.15) is 0 Å². The molecule has 0 aromatic heterocycles. The van der Waals surface area contributed by atoms with E-state index in [0.717, 1.165) is 19.5 Å². The number of rotatable bonds is 3. The number of hydrogen-bond donors (Lipinski definition) is 1. The highest BCUT2D eigenvalue weighted by atomic mass is 32.1. The van der Waals surface area contributed by atoms with Gasteiger partial charge in [-0.3, -0.25) is 4.90 Å². The zero-order chi connectivity index (χ0) is 11.5. The molecule has 1 unspecified atom stereocenters. The molecule has 0 saturated carbocycles. The Bertz CT molecular complexity index is 389. The Morgan fingerprint density at radius 3 is 3.06 bits per heavy atom. The van der Waals surface area contributed by atoms with Gasteiger partial charge in [0.05, 0.1) is 11.0 Å². The van der Waals surface area contributed by atoms with Crippen LogP contribution in [0.2, 0.25) is 0 Å². The van der Waals surface area contributed by atoms with E-state index in [9.17, 15) is 0 Å². The number of benzene rings is 1. The third-order valence-corrected chi connectivity index (χ3v) is 3.43. The van der Waals surface area contributed by atoms with Crippen LogP contribution in [0.25, 0.3) is 0 Å². The minimum absolute atomic E-state index is 0.301. The number of nitrogens with two attached hydrogens (primary N) is 1. The SMILES string of the molecule is Cc1cccc(CN2CCCC2C(N)=S)c1. The molecule has 3 heteroatoms. The molecule has 0 aliphatic carbocycles. The topological polar surface area (TPSA) is 29.3 Å². The zero-order valence-corrected chi connectivity index (χ0v) is 10.5. The molecule has 1 heterocycles. The number of thiocarbonyl (C=S) groups is 1. The molecule has 2 nitrogen and oxygen atoms in total. The monoisotopic (exact) mass is 234 g/mol. The van der Waals surface area contributed by atoms with E-state index >= 15 is 0 Å². The summed E-state index contributed by atoms with van der Waals surface area (Å²) in [5, 5.41) is 0. The summed E-state index contributed by atoms with van der Waals surface area (Å²) >= 11 is 5.11. The minimum Gasteiger partial charge on any atom is -0.392 e. The molecule has 0 spiro atoms. The molecule has 16 heavy (non-hydrogen) atoms. The van der Waals surface area contributed by atoms with Crippen molar-refractivity contribution < 1.29 is 0 Å². The van der Waals surface area contributed by atoms with Crippen LogP contribution in [-0.4, -0.2) is 22.5 Å². The summed E-state index contributed by atoms with van der Waals surface area (Å²) in [4.78, 5) is 3.03. The predicted octanol–water partition coefficient (Wildman–Crippen LogP) is 2.25. The highest BCUT2D eigenvalue weighted by Crippen LogP contribution is 2.20. The van der Waals surface area contributed by atoms with Crippen molar-refractivity contribution in [3.8, 4) is 0 Å². The highest BCUT2D eigenvalue weighted by molar-refractivity contribution is 7.80. The van der Waals surface area contributed by atoms with E-state index in [4.69, 9.17) is 18.0 Å². The van der Waals surface area contributed by atoms with Gasteiger partial charge in [-0.2, -0.15) is 0 Å². The number of nitrogens with zero attached hydrogens (tertiary/aromatic N) is 1. The van der Waals surface area contributed by atoms with Crippen LogP contribution in [0.3, 0.4) is 0 Å². The lowest BCUT2D eigenvalue weighted by Crippen LogP contribution is -2.38. The molecule has 1 aromatic rings. The van der Waals surface area contributed by atoms with Crippen LogP contribution in [0, 0.1) is 6.92 Å². The molecule has 1 aromatic carbocycles. The van der Waals surface area contributed by atoms with Gasteiger partial charge in [-0.05, 0) is 31.9 Å². The average Bonchev–Trinajstić information content (AvgIpc) is 2.66. The molecule has 1 aliphatic heterocycles. The van der Waals surface area contributed by atoms with Crippen LogP contribution in [0.4, 0.5) is 0 Å². The summed E-state index contributed by atoms with van der Waals surface area (Å²) in [6.07, 6.45) is 2.31. The summed E-state index contributed by atoms with van der Waals surface area (Å²) in [5.74, 6) is 0.